The molecule has 1 aromatic rings. The molecule has 17 heavy (non-hydrogen) atoms. The summed E-state index contributed by atoms with van der Waals surface area (Å²) < 4.78 is 13.2. The van der Waals surface area contributed by atoms with Gasteiger partial charge in [-0.05, 0) is 35.6 Å². The molecule has 2 unspecified atom stereocenters. The molecule has 0 saturated heterocycles. The largest absolute Gasteiger partial charge is 0.481 e. The Kier molecular flexibility index (Phi) is 4.10. The highest BCUT2D eigenvalue weighted by atomic mass is 19.1. The van der Waals surface area contributed by atoms with E-state index >= 15 is 0 Å². The molecule has 0 aliphatic carbocycles. The van der Waals surface area contributed by atoms with Crippen molar-refractivity contribution in [2.24, 2.45) is 11.8 Å². The number of hydrogen-bond acceptors (Lipinski definition) is 2. The summed E-state index contributed by atoms with van der Waals surface area (Å²) in [5, 5.41) is 9.28. The first-order valence-corrected chi connectivity index (χ1v) is 5.62. The van der Waals surface area contributed by atoms with E-state index in [1.165, 1.54) is 18.2 Å². The second kappa shape index (κ2) is 5.17. The first-order chi connectivity index (χ1) is 7.84. The summed E-state index contributed by atoms with van der Waals surface area (Å²) >= 11 is 0. The van der Waals surface area contributed by atoms with E-state index in [1.54, 1.807) is 0 Å². The van der Waals surface area contributed by atoms with Gasteiger partial charge in [0.2, 0.25) is 0 Å². The number of nitrogen functional groups attached to an aromatic ring is 1. The van der Waals surface area contributed by atoms with Crippen molar-refractivity contribution in [1.29, 1.82) is 0 Å². The monoisotopic (exact) mass is 239 g/mol. The molecule has 0 spiro atoms. The zero-order valence-corrected chi connectivity index (χ0v) is 10.3. The van der Waals surface area contributed by atoms with Crippen LogP contribution in [0.4, 0.5) is 10.1 Å². The van der Waals surface area contributed by atoms with Crippen LogP contribution in [0.1, 0.15) is 32.3 Å². The molecule has 1 rings (SSSR count). The number of nitrogens with two attached hydrogens (primary N) is 1. The summed E-state index contributed by atoms with van der Waals surface area (Å²) in [6, 6.07) is 3.86. The minimum atomic E-state index is -0.969. The highest BCUT2D eigenvalue weighted by molar-refractivity contribution is 5.79. The van der Waals surface area contributed by atoms with Gasteiger partial charge in [0.25, 0.3) is 0 Å². The average molecular weight is 239 g/mol. The Balaban J connectivity index is 3.23. The van der Waals surface area contributed by atoms with Gasteiger partial charge in [-0.15, -0.1) is 0 Å². The van der Waals surface area contributed by atoms with Gasteiger partial charge in [-0.3, -0.25) is 4.79 Å². The standard InChI is InChI=1S/C13H18FNO2/c1-7(2)8(3)12(13(16)17)10-6-9(14)4-5-11(10)15/h4-8,12H,15H2,1-3H3,(H,16,17). The van der Waals surface area contributed by atoms with Crippen molar-refractivity contribution in [2.45, 2.75) is 26.7 Å². The molecular weight excluding hydrogens is 221 g/mol. The Bertz CT molecular complexity index is 418. The van der Waals surface area contributed by atoms with Crippen LogP contribution in [-0.4, -0.2) is 11.1 Å². The third-order valence-corrected chi connectivity index (χ3v) is 3.23. The lowest BCUT2D eigenvalue weighted by atomic mass is 9.80. The first kappa shape index (κ1) is 13.5. The van der Waals surface area contributed by atoms with Crippen molar-refractivity contribution >= 4 is 11.7 Å². The minimum Gasteiger partial charge on any atom is -0.481 e. The number of carbonyl (C=O) groups is 1. The highest BCUT2D eigenvalue weighted by Crippen LogP contribution is 2.33. The van der Waals surface area contributed by atoms with E-state index in [-0.39, 0.29) is 11.8 Å². The molecule has 0 bridgehead atoms. The zero-order valence-electron chi connectivity index (χ0n) is 10.3. The van der Waals surface area contributed by atoms with Crippen LogP contribution in [0.2, 0.25) is 0 Å². The fourth-order valence-electron chi connectivity index (χ4n) is 1.84. The van der Waals surface area contributed by atoms with Gasteiger partial charge in [0.1, 0.15) is 5.82 Å². The van der Waals surface area contributed by atoms with E-state index in [2.05, 4.69) is 0 Å². The third-order valence-electron chi connectivity index (χ3n) is 3.23. The van der Waals surface area contributed by atoms with Crippen molar-refractivity contribution < 1.29 is 14.3 Å². The normalized spacial score (nSPS) is 14.6. The van der Waals surface area contributed by atoms with Crippen LogP contribution in [0, 0.1) is 17.7 Å². The van der Waals surface area contributed by atoms with Crippen molar-refractivity contribution in [2.75, 3.05) is 5.73 Å². The second-order valence-corrected chi connectivity index (χ2v) is 4.69. The molecule has 4 heteroatoms. The van der Waals surface area contributed by atoms with Crippen LogP contribution in [0.15, 0.2) is 18.2 Å². The Morgan fingerprint density at radius 2 is 1.94 bits per heavy atom. The molecule has 3 nitrogen and oxygen atoms in total. The van der Waals surface area contributed by atoms with Gasteiger partial charge in [0, 0.05) is 5.69 Å². The van der Waals surface area contributed by atoms with E-state index in [9.17, 15) is 14.3 Å². The van der Waals surface area contributed by atoms with Crippen molar-refractivity contribution in [3.8, 4) is 0 Å². The number of anilines is 1. The van der Waals surface area contributed by atoms with Crippen molar-refractivity contribution in [3.63, 3.8) is 0 Å². The molecule has 0 aromatic heterocycles. The summed E-state index contributed by atoms with van der Waals surface area (Å²) in [6.07, 6.45) is 0. The quantitative estimate of drug-likeness (QED) is 0.794. The first-order valence-electron chi connectivity index (χ1n) is 5.62. The summed E-state index contributed by atoms with van der Waals surface area (Å²) in [5.74, 6) is -2.14. The average Bonchev–Trinajstić information content (AvgIpc) is 2.22. The van der Waals surface area contributed by atoms with Gasteiger partial charge < -0.3 is 10.8 Å². The molecule has 0 aliphatic heterocycles. The van der Waals surface area contributed by atoms with E-state index in [4.69, 9.17) is 5.73 Å². The molecular formula is C13H18FNO2. The lowest BCUT2D eigenvalue weighted by molar-refractivity contribution is -0.140. The van der Waals surface area contributed by atoms with Crippen LogP contribution >= 0.6 is 0 Å². The summed E-state index contributed by atoms with van der Waals surface area (Å²) in [5.41, 5.74) is 6.42. The van der Waals surface area contributed by atoms with Gasteiger partial charge in [-0.2, -0.15) is 0 Å². The number of halogens is 1. The van der Waals surface area contributed by atoms with Gasteiger partial charge in [0.05, 0.1) is 5.92 Å². The highest BCUT2D eigenvalue weighted by Gasteiger charge is 2.30. The maximum absolute atomic E-state index is 13.2. The fraction of sp³-hybridized carbons (Fsp3) is 0.462. The number of rotatable bonds is 4. The molecule has 0 fully saturated rings. The Labute approximate surface area is 100 Å². The molecule has 0 radical (unpaired) electrons. The van der Waals surface area contributed by atoms with E-state index in [0.717, 1.165) is 0 Å². The maximum atomic E-state index is 13.2. The molecule has 0 aliphatic rings. The molecule has 0 amide bonds. The number of aliphatic carboxylic acids is 1. The van der Waals surface area contributed by atoms with Crippen LogP contribution in [0.25, 0.3) is 0 Å². The number of carboxylic acids is 1. The van der Waals surface area contributed by atoms with Crippen molar-refractivity contribution in [1.82, 2.24) is 0 Å². The summed E-state index contributed by atoms with van der Waals surface area (Å²) in [4.78, 5) is 11.3. The molecule has 2 atom stereocenters. The smallest absolute Gasteiger partial charge is 0.311 e. The predicted octanol–water partition coefficient (Wildman–Crippen LogP) is 2.87. The molecule has 3 N–H and O–H groups in total. The van der Waals surface area contributed by atoms with Crippen LogP contribution in [0.3, 0.4) is 0 Å². The summed E-state index contributed by atoms with van der Waals surface area (Å²) in [7, 11) is 0. The Morgan fingerprint density at radius 1 is 1.35 bits per heavy atom. The molecule has 94 valence electrons. The Morgan fingerprint density at radius 3 is 2.41 bits per heavy atom. The molecule has 0 saturated carbocycles. The molecule has 0 heterocycles. The van der Waals surface area contributed by atoms with E-state index in [0.29, 0.717) is 11.3 Å². The number of hydrogen-bond donors (Lipinski definition) is 2. The number of carboxylic acid groups (broad SMARTS) is 1. The van der Waals surface area contributed by atoms with Crippen LogP contribution < -0.4 is 5.73 Å². The van der Waals surface area contributed by atoms with Gasteiger partial charge in [-0.25, -0.2) is 4.39 Å². The lowest BCUT2D eigenvalue weighted by Crippen LogP contribution is -2.24. The SMILES string of the molecule is CC(C)C(C)C(C(=O)O)c1cc(F)ccc1N. The van der Waals surface area contributed by atoms with Crippen LogP contribution in [0.5, 0.6) is 0 Å². The van der Waals surface area contributed by atoms with Gasteiger partial charge in [0.15, 0.2) is 0 Å². The maximum Gasteiger partial charge on any atom is 0.311 e. The topological polar surface area (TPSA) is 63.3 Å². The third kappa shape index (κ3) is 2.96. The Hall–Kier alpha value is -1.58. The van der Waals surface area contributed by atoms with Gasteiger partial charge >= 0.3 is 5.97 Å². The van der Waals surface area contributed by atoms with Crippen LogP contribution in [-0.2, 0) is 4.79 Å². The fourth-order valence-corrected chi connectivity index (χ4v) is 1.84. The van der Waals surface area contributed by atoms with Gasteiger partial charge in [-0.1, -0.05) is 20.8 Å². The van der Waals surface area contributed by atoms with Crippen molar-refractivity contribution in [3.05, 3.63) is 29.6 Å². The molecule has 1 aromatic carbocycles. The van der Waals surface area contributed by atoms with E-state index in [1.807, 2.05) is 20.8 Å². The minimum absolute atomic E-state index is 0.114. The second-order valence-electron chi connectivity index (χ2n) is 4.69. The predicted molar refractivity (Wildman–Crippen MR) is 65.2 cm³/mol. The summed E-state index contributed by atoms with van der Waals surface area (Å²) in [6.45, 7) is 5.72. The van der Waals surface area contributed by atoms with E-state index < -0.39 is 17.7 Å². The zero-order chi connectivity index (χ0) is 13.2. The number of benzene rings is 1. The lowest BCUT2D eigenvalue weighted by Gasteiger charge is -2.24.